The molecule has 1 aliphatic rings. The topological polar surface area (TPSA) is 50.2 Å². The van der Waals surface area contributed by atoms with Gasteiger partial charge in [-0.05, 0) is 47.2 Å². The summed E-state index contributed by atoms with van der Waals surface area (Å²) in [5, 5.41) is 12.9. The van der Waals surface area contributed by atoms with Gasteiger partial charge >= 0.3 is 5.97 Å². The van der Waals surface area contributed by atoms with Crippen molar-refractivity contribution in [1.29, 1.82) is 0 Å². The van der Waals surface area contributed by atoms with Crippen LogP contribution >= 0.6 is 0 Å². The van der Waals surface area contributed by atoms with Crippen LogP contribution in [0.25, 0.3) is 21.7 Å². The number of aryl methyl sites for hydroxylation is 1. The minimum Gasteiger partial charge on any atom is -0.481 e. The number of fused-ring (bicyclic) bond motifs is 5. The molecule has 0 spiro atoms. The standard InChI is InChI=1S/C18H15NO2/c20-18(21)12-5-7-15-13(9-12)10-19-16-8-6-11-3-1-2-4-14(11)17(15)16/h1-4,6,8,10,12H,5,7,9H2,(H,20,21). The summed E-state index contributed by atoms with van der Waals surface area (Å²) < 4.78 is 0. The van der Waals surface area contributed by atoms with Gasteiger partial charge in [0.1, 0.15) is 0 Å². The molecule has 0 aliphatic heterocycles. The summed E-state index contributed by atoms with van der Waals surface area (Å²) in [6, 6.07) is 12.5. The second-order valence-electron chi connectivity index (χ2n) is 5.72. The third-order valence-corrected chi connectivity index (χ3v) is 4.51. The zero-order valence-electron chi connectivity index (χ0n) is 11.5. The number of pyridine rings is 1. The average Bonchev–Trinajstić information content (AvgIpc) is 2.53. The lowest BCUT2D eigenvalue weighted by Gasteiger charge is -2.23. The Balaban J connectivity index is 2.00. The number of benzene rings is 2. The largest absolute Gasteiger partial charge is 0.481 e. The Morgan fingerprint density at radius 1 is 1.19 bits per heavy atom. The predicted molar refractivity (Wildman–Crippen MR) is 82.4 cm³/mol. The number of aromatic nitrogens is 1. The van der Waals surface area contributed by atoms with Crippen LogP contribution in [0.5, 0.6) is 0 Å². The zero-order chi connectivity index (χ0) is 14.4. The van der Waals surface area contributed by atoms with Crippen LogP contribution in [0, 0.1) is 5.92 Å². The van der Waals surface area contributed by atoms with Crippen LogP contribution < -0.4 is 0 Å². The molecule has 1 N–H and O–H groups in total. The van der Waals surface area contributed by atoms with Gasteiger partial charge in [-0.3, -0.25) is 9.78 Å². The molecule has 1 aliphatic carbocycles. The van der Waals surface area contributed by atoms with E-state index in [1.807, 2.05) is 18.3 Å². The van der Waals surface area contributed by atoms with E-state index in [0.29, 0.717) is 12.8 Å². The molecule has 1 heterocycles. The van der Waals surface area contributed by atoms with Crippen LogP contribution in [0.2, 0.25) is 0 Å². The van der Waals surface area contributed by atoms with E-state index in [0.717, 1.165) is 17.5 Å². The molecular weight excluding hydrogens is 262 g/mol. The highest BCUT2D eigenvalue weighted by Crippen LogP contribution is 2.34. The van der Waals surface area contributed by atoms with E-state index in [9.17, 15) is 9.90 Å². The van der Waals surface area contributed by atoms with Crippen molar-refractivity contribution >= 4 is 27.6 Å². The first kappa shape index (κ1) is 12.3. The van der Waals surface area contributed by atoms with Crippen molar-refractivity contribution in [2.24, 2.45) is 5.92 Å². The van der Waals surface area contributed by atoms with Crippen LogP contribution in [-0.2, 0) is 17.6 Å². The van der Waals surface area contributed by atoms with E-state index in [-0.39, 0.29) is 5.92 Å². The molecule has 0 radical (unpaired) electrons. The minimum atomic E-state index is -0.696. The van der Waals surface area contributed by atoms with Crippen LogP contribution in [0.1, 0.15) is 17.5 Å². The molecule has 0 bridgehead atoms. The first-order valence-corrected chi connectivity index (χ1v) is 7.25. The Hall–Kier alpha value is -2.42. The Kier molecular flexibility index (Phi) is 2.67. The summed E-state index contributed by atoms with van der Waals surface area (Å²) in [6.07, 6.45) is 3.99. The quantitative estimate of drug-likeness (QED) is 0.692. The normalized spacial score (nSPS) is 17.8. The van der Waals surface area contributed by atoms with Crippen molar-refractivity contribution in [3.8, 4) is 0 Å². The highest BCUT2D eigenvalue weighted by Gasteiger charge is 2.26. The molecule has 3 nitrogen and oxygen atoms in total. The van der Waals surface area contributed by atoms with Crippen molar-refractivity contribution in [1.82, 2.24) is 4.98 Å². The minimum absolute atomic E-state index is 0.272. The van der Waals surface area contributed by atoms with E-state index in [4.69, 9.17) is 0 Å². The van der Waals surface area contributed by atoms with E-state index >= 15 is 0 Å². The van der Waals surface area contributed by atoms with E-state index in [2.05, 4.69) is 29.2 Å². The average molecular weight is 277 g/mol. The maximum atomic E-state index is 11.2. The van der Waals surface area contributed by atoms with Gasteiger partial charge in [-0.1, -0.05) is 30.3 Å². The Morgan fingerprint density at radius 3 is 2.90 bits per heavy atom. The van der Waals surface area contributed by atoms with Crippen molar-refractivity contribution in [3.05, 3.63) is 53.7 Å². The molecule has 1 unspecified atom stereocenters. The molecule has 0 fully saturated rings. The van der Waals surface area contributed by atoms with Crippen LogP contribution in [0.3, 0.4) is 0 Å². The molecular formula is C18H15NO2. The number of carbonyl (C=O) groups is 1. The fourth-order valence-corrected chi connectivity index (χ4v) is 3.43. The summed E-state index contributed by atoms with van der Waals surface area (Å²) in [5.74, 6) is -0.967. The predicted octanol–water partition coefficient (Wildman–Crippen LogP) is 3.58. The summed E-state index contributed by atoms with van der Waals surface area (Å²) in [7, 11) is 0. The molecule has 0 saturated heterocycles. The number of carboxylic acids is 1. The third kappa shape index (κ3) is 1.88. The SMILES string of the molecule is O=C(O)C1CCc2c(cnc3ccc4ccccc4c23)C1. The molecule has 0 amide bonds. The second kappa shape index (κ2) is 4.55. The van der Waals surface area contributed by atoms with Gasteiger partial charge in [0.2, 0.25) is 0 Å². The first-order chi connectivity index (χ1) is 10.2. The highest BCUT2D eigenvalue weighted by atomic mass is 16.4. The van der Waals surface area contributed by atoms with Gasteiger partial charge in [0, 0.05) is 11.6 Å². The lowest BCUT2D eigenvalue weighted by molar-refractivity contribution is -0.142. The molecule has 0 saturated carbocycles. The van der Waals surface area contributed by atoms with Gasteiger partial charge in [0.25, 0.3) is 0 Å². The van der Waals surface area contributed by atoms with E-state index in [1.54, 1.807) is 0 Å². The number of rotatable bonds is 1. The van der Waals surface area contributed by atoms with Gasteiger partial charge in [-0.15, -0.1) is 0 Å². The van der Waals surface area contributed by atoms with Crippen molar-refractivity contribution < 1.29 is 9.90 Å². The molecule has 21 heavy (non-hydrogen) atoms. The summed E-state index contributed by atoms with van der Waals surface area (Å²) >= 11 is 0. The van der Waals surface area contributed by atoms with E-state index in [1.165, 1.54) is 21.7 Å². The fourth-order valence-electron chi connectivity index (χ4n) is 3.43. The number of hydrogen-bond acceptors (Lipinski definition) is 2. The molecule has 3 aromatic rings. The van der Waals surface area contributed by atoms with Crippen molar-refractivity contribution in [3.63, 3.8) is 0 Å². The van der Waals surface area contributed by atoms with Crippen molar-refractivity contribution in [2.75, 3.05) is 0 Å². The van der Waals surface area contributed by atoms with Gasteiger partial charge in [0.15, 0.2) is 0 Å². The lowest BCUT2D eigenvalue weighted by atomic mass is 9.82. The Labute approximate surface area is 122 Å². The molecule has 1 atom stereocenters. The molecule has 104 valence electrons. The second-order valence-corrected chi connectivity index (χ2v) is 5.72. The molecule has 1 aromatic heterocycles. The van der Waals surface area contributed by atoms with Crippen LogP contribution in [-0.4, -0.2) is 16.1 Å². The molecule has 2 aromatic carbocycles. The lowest BCUT2D eigenvalue weighted by Crippen LogP contribution is -2.22. The third-order valence-electron chi connectivity index (χ3n) is 4.51. The van der Waals surface area contributed by atoms with Crippen LogP contribution in [0.15, 0.2) is 42.6 Å². The highest BCUT2D eigenvalue weighted by molar-refractivity contribution is 6.08. The number of carboxylic acid groups (broad SMARTS) is 1. The Bertz CT molecular complexity index is 870. The zero-order valence-corrected chi connectivity index (χ0v) is 11.5. The monoisotopic (exact) mass is 277 g/mol. The number of nitrogens with zero attached hydrogens (tertiary/aromatic N) is 1. The summed E-state index contributed by atoms with van der Waals surface area (Å²) in [6.45, 7) is 0. The maximum absolute atomic E-state index is 11.2. The first-order valence-electron chi connectivity index (χ1n) is 7.25. The number of hydrogen-bond donors (Lipinski definition) is 1. The molecule has 3 heteroatoms. The van der Waals surface area contributed by atoms with Gasteiger partial charge in [-0.25, -0.2) is 0 Å². The van der Waals surface area contributed by atoms with Crippen molar-refractivity contribution in [2.45, 2.75) is 19.3 Å². The summed E-state index contributed by atoms with van der Waals surface area (Å²) in [5.41, 5.74) is 3.38. The van der Waals surface area contributed by atoms with Crippen LogP contribution in [0.4, 0.5) is 0 Å². The van der Waals surface area contributed by atoms with E-state index < -0.39 is 5.97 Å². The maximum Gasteiger partial charge on any atom is 0.306 e. The van der Waals surface area contributed by atoms with Gasteiger partial charge in [-0.2, -0.15) is 0 Å². The fraction of sp³-hybridized carbons (Fsp3) is 0.222. The van der Waals surface area contributed by atoms with Gasteiger partial charge < -0.3 is 5.11 Å². The van der Waals surface area contributed by atoms with Gasteiger partial charge in [0.05, 0.1) is 11.4 Å². The Morgan fingerprint density at radius 2 is 2.05 bits per heavy atom. The molecule has 4 rings (SSSR count). The summed E-state index contributed by atoms with van der Waals surface area (Å²) in [4.78, 5) is 15.8. The smallest absolute Gasteiger partial charge is 0.306 e. The number of aliphatic carboxylic acids is 1.